The van der Waals surface area contributed by atoms with Crippen LogP contribution in [-0.4, -0.2) is 31.6 Å². The second-order valence-corrected chi connectivity index (χ2v) is 6.46. The van der Waals surface area contributed by atoms with Crippen molar-refractivity contribution in [1.82, 2.24) is 4.90 Å². The average molecular weight is 339 g/mol. The summed E-state index contributed by atoms with van der Waals surface area (Å²) in [6, 6.07) is 16.0. The molecule has 0 radical (unpaired) electrons. The number of methoxy groups -OCH3 is 2. The van der Waals surface area contributed by atoms with Gasteiger partial charge in [0.2, 0.25) is 5.91 Å². The Bertz CT molecular complexity index is 738. The van der Waals surface area contributed by atoms with Gasteiger partial charge in [0.1, 0.15) is 0 Å². The van der Waals surface area contributed by atoms with E-state index < -0.39 is 5.41 Å². The highest BCUT2D eigenvalue weighted by Crippen LogP contribution is 2.51. The fourth-order valence-corrected chi connectivity index (χ4v) is 3.32. The molecule has 2 aromatic carbocycles. The highest BCUT2D eigenvalue weighted by molar-refractivity contribution is 5.91. The number of rotatable bonds is 7. The number of carbonyl (C=O) groups excluding carboxylic acids is 1. The minimum Gasteiger partial charge on any atom is -0.493 e. The summed E-state index contributed by atoms with van der Waals surface area (Å²) >= 11 is 0. The Hall–Kier alpha value is -2.49. The Balaban J connectivity index is 1.85. The van der Waals surface area contributed by atoms with Gasteiger partial charge in [-0.2, -0.15) is 0 Å². The molecule has 0 aromatic heterocycles. The van der Waals surface area contributed by atoms with Crippen LogP contribution < -0.4 is 9.47 Å². The first kappa shape index (κ1) is 17.3. The first-order valence-corrected chi connectivity index (χ1v) is 8.70. The van der Waals surface area contributed by atoms with E-state index in [1.54, 1.807) is 14.2 Å². The van der Waals surface area contributed by atoms with Gasteiger partial charge < -0.3 is 14.4 Å². The monoisotopic (exact) mass is 339 g/mol. The second kappa shape index (κ2) is 7.18. The fourth-order valence-electron chi connectivity index (χ4n) is 3.32. The Morgan fingerprint density at radius 2 is 1.72 bits per heavy atom. The molecule has 0 heterocycles. The first-order chi connectivity index (χ1) is 12.1. The summed E-state index contributed by atoms with van der Waals surface area (Å²) in [6.45, 7) is 3.37. The molecule has 4 heteroatoms. The van der Waals surface area contributed by atoms with Gasteiger partial charge in [-0.1, -0.05) is 36.4 Å². The number of nitrogens with zero attached hydrogens (tertiary/aromatic N) is 1. The molecule has 0 aliphatic heterocycles. The van der Waals surface area contributed by atoms with Crippen molar-refractivity contribution >= 4 is 5.91 Å². The van der Waals surface area contributed by atoms with Crippen LogP contribution in [0.4, 0.5) is 0 Å². The molecule has 1 fully saturated rings. The summed E-state index contributed by atoms with van der Waals surface area (Å²) in [7, 11) is 3.24. The minimum absolute atomic E-state index is 0.200. The topological polar surface area (TPSA) is 38.8 Å². The molecule has 2 aromatic rings. The van der Waals surface area contributed by atoms with Gasteiger partial charge in [0.05, 0.1) is 19.6 Å². The van der Waals surface area contributed by atoms with E-state index in [0.29, 0.717) is 24.6 Å². The van der Waals surface area contributed by atoms with Crippen LogP contribution in [0.5, 0.6) is 11.5 Å². The maximum Gasteiger partial charge on any atom is 0.233 e. The largest absolute Gasteiger partial charge is 0.493 e. The van der Waals surface area contributed by atoms with Crippen LogP contribution in [0, 0.1) is 0 Å². The van der Waals surface area contributed by atoms with Crippen molar-refractivity contribution in [2.75, 3.05) is 20.8 Å². The summed E-state index contributed by atoms with van der Waals surface area (Å²) < 4.78 is 10.7. The van der Waals surface area contributed by atoms with Gasteiger partial charge in [0.15, 0.2) is 11.5 Å². The molecule has 0 saturated heterocycles. The number of likely N-dealkylation sites (N-methyl/N-ethyl adjacent to an activating group) is 1. The highest BCUT2D eigenvalue weighted by Gasteiger charge is 2.53. The van der Waals surface area contributed by atoms with Gasteiger partial charge in [-0.05, 0) is 43.0 Å². The van der Waals surface area contributed by atoms with Crippen LogP contribution in [0.3, 0.4) is 0 Å². The number of ether oxygens (including phenoxy) is 2. The quantitative estimate of drug-likeness (QED) is 0.770. The van der Waals surface area contributed by atoms with Gasteiger partial charge in [-0.25, -0.2) is 0 Å². The fraction of sp³-hybridized carbons (Fsp3) is 0.381. The molecule has 1 aliphatic rings. The van der Waals surface area contributed by atoms with Crippen LogP contribution in [0.15, 0.2) is 48.5 Å². The molecule has 0 unspecified atom stereocenters. The summed E-state index contributed by atoms with van der Waals surface area (Å²) in [5.74, 6) is 1.56. The minimum atomic E-state index is -0.412. The van der Waals surface area contributed by atoms with Gasteiger partial charge >= 0.3 is 0 Å². The van der Waals surface area contributed by atoms with Crippen molar-refractivity contribution in [3.8, 4) is 11.5 Å². The molecule has 0 atom stereocenters. The van der Waals surface area contributed by atoms with Crippen molar-refractivity contribution in [1.29, 1.82) is 0 Å². The summed E-state index contributed by atoms with van der Waals surface area (Å²) in [5.41, 5.74) is 1.76. The summed E-state index contributed by atoms with van der Waals surface area (Å²) in [6.07, 6.45) is 1.76. The Kier molecular flexibility index (Phi) is 4.98. The summed E-state index contributed by atoms with van der Waals surface area (Å²) in [5, 5.41) is 0. The SMILES string of the molecule is CCN(Cc1ccccc1)C(=O)C1(c2ccc(OC)c(OC)c2)CC1. The van der Waals surface area contributed by atoms with Gasteiger partial charge in [-0.3, -0.25) is 4.79 Å². The number of hydrogen-bond donors (Lipinski definition) is 0. The Morgan fingerprint density at radius 1 is 1.04 bits per heavy atom. The molecule has 4 nitrogen and oxygen atoms in total. The molecule has 0 bridgehead atoms. The van der Waals surface area contributed by atoms with Gasteiger partial charge in [0.25, 0.3) is 0 Å². The van der Waals surface area contributed by atoms with Crippen molar-refractivity contribution < 1.29 is 14.3 Å². The first-order valence-electron chi connectivity index (χ1n) is 8.70. The van der Waals surface area contributed by atoms with Crippen molar-refractivity contribution in [3.05, 3.63) is 59.7 Å². The van der Waals surface area contributed by atoms with Crippen LogP contribution in [0.25, 0.3) is 0 Å². The number of amides is 1. The molecular weight excluding hydrogens is 314 g/mol. The normalized spacial score (nSPS) is 14.7. The number of carbonyl (C=O) groups is 1. The van der Waals surface area contributed by atoms with Crippen LogP contribution in [0.2, 0.25) is 0 Å². The van der Waals surface area contributed by atoms with E-state index >= 15 is 0 Å². The van der Waals surface area contributed by atoms with Crippen molar-refractivity contribution in [2.45, 2.75) is 31.7 Å². The van der Waals surface area contributed by atoms with Crippen molar-refractivity contribution in [2.24, 2.45) is 0 Å². The van der Waals surface area contributed by atoms with Gasteiger partial charge in [0, 0.05) is 13.1 Å². The Morgan fingerprint density at radius 3 is 2.28 bits per heavy atom. The lowest BCUT2D eigenvalue weighted by Gasteiger charge is -2.27. The predicted octanol–water partition coefficient (Wildman–Crippen LogP) is 3.78. The zero-order chi connectivity index (χ0) is 17.9. The predicted molar refractivity (Wildman–Crippen MR) is 98.0 cm³/mol. The van der Waals surface area contributed by atoms with E-state index in [0.717, 1.165) is 24.0 Å². The van der Waals surface area contributed by atoms with E-state index in [1.165, 1.54) is 0 Å². The highest BCUT2D eigenvalue weighted by atomic mass is 16.5. The molecule has 25 heavy (non-hydrogen) atoms. The van der Waals surface area contributed by atoms with E-state index in [2.05, 4.69) is 12.1 Å². The standard InChI is InChI=1S/C21H25NO3/c1-4-22(15-16-8-6-5-7-9-16)20(23)21(12-13-21)17-10-11-18(24-2)19(14-17)25-3/h5-11,14H,4,12-13,15H2,1-3H3. The second-order valence-electron chi connectivity index (χ2n) is 6.46. The van der Waals surface area contributed by atoms with Crippen LogP contribution in [0.1, 0.15) is 30.9 Å². The third kappa shape index (κ3) is 3.34. The molecule has 3 rings (SSSR count). The van der Waals surface area contributed by atoms with E-state index in [-0.39, 0.29) is 5.91 Å². The lowest BCUT2D eigenvalue weighted by molar-refractivity contribution is -0.134. The molecular formula is C21H25NO3. The molecule has 1 aliphatic carbocycles. The van der Waals surface area contributed by atoms with Crippen molar-refractivity contribution in [3.63, 3.8) is 0 Å². The molecule has 1 saturated carbocycles. The number of hydrogen-bond acceptors (Lipinski definition) is 3. The lowest BCUT2D eigenvalue weighted by atomic mass is 9.93. The van der Waals surface area contributed by atoms with Crippen LogP contribution in [-0.2, 0) is 16.8 Å². The Labute approximate surface area is 149 Å². The zero-order valence-corrected chi connectivity index (χ0v) is 15.1. The van der Waals surface area contributed by atoms with E-state index in [1.807, 2.05) is 48.2 Å². The lowest BCUT2D eigenvalue weighted by Crippen LogP contribution is -2.38. The maximum absolute atomic E-state index is 13.3. The van der Waals surface area contributed by atoms with Gasteiger partial charge in [-0.15, -0.1) is 0 Å². The van der Waals surface area contributed by atoms with E-state index in [9.17, 15) is 4.79 Å². The van der Waals surface area contributed by atoms with E-state index in [4.69, 9.17) is 9.47 Å². The third-order valence-corrected chi connectivity index (χ3v) is 4.98. The summed E-state index contributed by atoms with van der Waals surface area (Å²) in [4.78, 5) is 15.2. The number of benzene rings is 2. The molecule has 132 valence electrons. The smallest absolute Gasteiger partial charge is 0.233 e. The maximum atomic E-state index is 13.3. The molecule has 0 N–H and O–H groups in total. The zero-order valence-electron chi connectivity index (χ0n) is 15.1. The third-order valence-electron chi connectivity index (χ3n) is 4.98. The molecule has 0 spiro atoms. The van der Waals surface area contributed by atoms with Crippen LogP contribution >= 0.6 is 0 Å². The average Bonchev–Trinajstić information content (AvgIpc) is 3.47. The molecule has 1 amide bonds.